The Morgan fingerprint density at radius 1 is 1.36 bits per heavy atom. The van der Waals surface area contributed by atoms with Gasteiger partial charge in [0, 0.05) is 9.75 Å². The molecule has 0 saturated carbocycles. The fourth-order valence-corrected chi connectivity index (χ4v) is 3.36. The Balaban J connectivity index is 2.62. The fourth-order valence-electron chi connectivity index (χ4n) is 2.11. The van der Waals surface area contributed by atoms with Crippen molar-refractivity contribution in [2.45, 2.75) is 33.6 Å². The van der Waals surface area contributed by atoms with Crippen LogP contribution in [0, 0.1) is 6.92 Å². The van der Waals surface area contributed by atoms with Gasteiger partial charge in [-0.15, -0.1) is 11.3 Å². The highest BCUT2D eigenvalue weighted by Gasteiger charge is 2.17. The van der Waals surface area contributed by atoms with Crippen molar-refractivity contribution in [3.63, 3.8) is 0 Å². The zero-order valence-corrected chi connectivity index (χ0v) is 9.87. The van der Waals surface area contributed by atoms with Crippen molar-refractivity contribution in [3.05, 3.63) is 33.0 Å². The van der Waals surface area contributed by atoms with Crippen LogP contribution in [0.5, 0.6) is 0 Å². The van der Waals surface area contributed by atoms with Gasteiger partial charge in [0.15, 0.2) is 0 Å². The number of allylic oxidation sites excluding steroid dienone is 3. The Morgan fingerprint density at radius 3 is 2.86 bits per heavy atom. The van der Waals surface area contributed by atoms with Crippen molar-refractivity contribution >= 4 is 23.0 Å². The monoisotopic (exact) mass is 204 g/mol. The Kier molecular flexibility index (Phi) is 2.60. The van der Waals surface area contributed by atoms with Crippen molar-refractivity contribution in [2.24, 2.45) is 0 Å². The molecule has 0 aromatic carbocycles. The van der Waals surface area contributed by atoms with E-state index >= 15 is 0 Å². The highest BCUT2D eigenvalue weighted by Crippen LogP contribution is 2.37. The van der Waals surface area contributed by atoms with Gasteiger partial charge in [-0.3, -0.25) is 0 Å². The molecule has 2 rings (SSSR count). The molecule has 0 radical (unpaired) electrons. The van der Waals surface area contributed by atoms with Crippen LogP contribution in [0.4, 0.5) is 0 Å². The molecule has 1 aliphatic carbocycles. The van der Waals surface area contributed by atoms with Gasteiger partial charge in [0.25, 0.3) is 0 Å². The van der Waals surface area contributed by atoms with Gasteiger partial charge in [-0.05, 0) is 50.3 Å². The van der Waals surface area contributed by atoms with E-state index in [0.717, 1.165) is 0 Å². The second-order valence-electron chi connectivity index (χ2n) is 3.80. The van der Waals surface area contributed by atoms with E-state index in [4.69, 9.17) is 0 Å². The summed E-state index contributed by atoms with van der Waals surface area (Å²) in [6.45, 7) is 6.55. The average molecular weight is 204 g/mol. The van der Waals surface area contributed by atoms with Gasteiger partial charge in [0.1, 0.15) is 0 Å². The Hall–Kier alpha value is -0.820. The lowest BCUT2D eigenvalue weighted by Crippen LogP contribution is -1.94. The largest absolute Gasteiger partial charge is 0.144 e. The third kappa shape index (κ3) is 1.46. The summed E-state index contributed by atoms with van der Waals surface area (Å²) in [5.41, 5.74) is 4.42. The maximum absolute atomic E-state index is 2.36. The summed E-state index contributed by atoms with van der Waals surface area (Å²) in [5.74, 6) is 0. The van der Waals surface area contributed by atoms with Crippen LogP contribution in [0.1, 0.15) is 41.1 Å². The first kappa shape index (κ1) is 9.72. The molecule has 14 heavy (non-hydrogen) atoms. The molecule has 1 heterocycles. The van der Waals surface area contributed by atoms with E-state index in [1.165, 1.54) is 34.4 Å². The van der Waals surface area contributed by atoms with E-state index in [0.29, 0.717) is 0 Å². The first-order valence-corrected chi connectivity index (χ1v) is 5.97. The second-order valence-corrected chi connectivity index (χ2v) is 5.11. The van der Waals surface area contributed by atoms with Gasteiger partial charge >= 0.3 is 0 Å². The first-order chi connectivity index (χ1) is 6.74. The predicted octanol–water partition coefficient (Wildman–Crippen LogP) is 4.44. The molecule has 1 aliphatic rings. The third-order valence-corrected chi connectivity index (χ3v) is 3.93. The maximum atomic E-state index is 2.36. The zero-order chi connectivity index (χ0) is 10.1. The summed E-state index contributed by atoms with van der Waals surface area (Å²) in [6.07, 6.45) is 9.19. The van der Waals surface area contributed by atoms with E-state index in [1.807, 2.05) is 11.3 Å². The summed E-state index contributed by atoms with van der Waals surface area (Å²) in [4.78, 5) is 3.04. The molecule has 1 aromatic heterocycles. The van der Waals surface area contributed by atoms with E-state index in [9.17, 15) is 0 Å². The number of hydrogen-bond donors (Lipinski definition) is 0. The molecule has 74 valence electrons. The van der Waals surface area contributed by atoms with Crippen molar-refractivity contribution in [3.8, 4) is 0 Å². The van der Waals surface area contributed by atoms with Crippen molar-refractivity contribution < 1.29 is 0 Å². The van der Waals surface area contributed by atoms with Gasteiger partial charge in [-0.1, -0.05) is 18.2 Å². The number of fused-ring (bicyclic) bond motifs is 1. The summed E-state index contributed by atoms with van der Waals surface area (Å²) in [7, 11) is 0. The molecule has 0 spiro atoms. The summed E-state index contributed by atoms with van der Waals surface area (Å²) in [5, 5.41) is 0. The second kappa shape index (κ2) is 3.74. The van der Waals surface area contributed by atoms with Crippen LogP contribution in [-0.2, 0) is 6.42 Å². The molecule has 0 nitrogen and oxygen atoms in total. The minimum absolute atomic E-state index is 1.22. The summed E-state index contributed by atoms with van der Waals surface area (Å²) < 4.78 is 0. The van der Waals surface area contributed by atoms with Gasteiger partial charge in [-0.2, -0.15) is 0 Å². The topological polar surface area (TPSA) is 0 Å². The van der Waals surface area contributed by atoms with Gasteiger partial charge in [-0.25, -0.2) is 0 Å². The number of thiophene rings is 1. The van der Waals surface area contributed by atoms with Crippen LogP contribution in [0.3, 0.4) is 0 Å². The highest BCUT2D eigenvalue weighted by atomic mass is 32.1. The van der Waals surface area contributed by atoms with Gasteiger partial charge < -0.3 is 0 Å². The Morgan fingerprint density at radius 2 is 2.14 bits per heavy atom. The molecule has 1 heteroatoms. The molecule has 0 amide bonds. The van der Waals surface area contributed by atoms with E-state index in [2.05, 4.69) is 39.0 Å². The normalized spacial score (nSPS) is 15.8. The molecule has 1 aromatic rings. The van der Waals surface area contributed by atoms with Gasteiger partial charge in [0.05, 0.1) is 0 Å². The minimum Gasteiger partial charge on any atom is -0.144 e. The Labute approximate surface area is 90.0 Å². The number of rotatable bonds is 1. The smallest absolute Gasteiger partial charge is 0.0132 e. The molecule has 0 fully saturated rings. The molecule has 0 bridgehead atoms. The van der Waals surface area contributed by atoms with Crippen LogP contribution in [0.25, 0.3) is 11.6 Å². The Bertz CT molecular complexity index is 405. The lowest BCUT2D eigenvalue weighted by Gasteiger charge is -2.11. The standard InChI is InChI=1S/C13H16S/c1-4-6-11-10(3)14-12-8-5-7-9(2)13(11)12/h4,6-7H,5,8H2,1-3H3/b6-4-. The molecule has 0 atom stereocenters. The van der Waals surface area contributed by atoms with Crippen molar-refractivity contribution in [2.75, 3.05) is 0 Å². The van der Waals surface area contributed by atoms with Crippen LogP contribution in [0.2, 0.25) is 0 Å². The quantitative estimate of drug-likeness (QED) is 0.634. The summed E-state index contributed by atoms with van der Waals surface area (Å²) in [6, 6.07) is 0. The maximum Gasteiger partial charge on any atom is 0.0132 e. The van der Waals surface area contributed by atoms with Crippen LogP contribution in [-0.4, -0.2) is 0 Å². The average Bonchev–Trinajstić information content (AvgIpc) is 2.45. The van der Waals surface area contributed by atoms with Crippen LogP contribution < -0.4 is 0 Å². The van der Waals surface area contributed by atoms with Gasteiger partial charge in [0.2, 0.25) is 0 Å². The highest BCUT2D eigenvalue weighted by molar-refractivity contribution is 7.12. The van der Waals surface area contributed by atoms with Crippen LogP contribution in [0.15, 0.2) is 12.2 Å². The number of aryl methyl sites for hydroxylation is 2. The molecule has 0 saturated heterocycles. The molecule has 0 N–H and O–H groups in total. The zero-order valence-electron chi connectivity index (χ0n) is 9.05. The molecular formula is C13H16S. The lowest BCUT2D eigenvalue weighted by atomic mass is 9.94. The van der Waals surface area contributed by atoms with E-state index in [-0.39, 0.29) is 0 Å². The predicted molar refractivity (Wildman–Crippen MR) is 65.7 cm³/mol. The molecule has 0 aliphatic heterocycles. The molecule has 0 unspecified atom stereocenters. The van der Waals surface area contributed by atoms with E-state index < -0.39 is 0 Å². The minimum atomic E-state index is 1.22. The lowest BCUT2D eigenvalue weighted by molar-refractivity contribution is 1.00. The third-order valence-electron chi connectivity index (χ3n) is 2.75. The van der Waals surface area contributed by atoms with Crippen LogP contribution >= 0.6 is 11.3 Å². The fraction of sp³-hybridized carbons (Fsp3) is 0.385. The molecular weight excluding hydrogens is 188 g/mol. The van der Waals surface area contributed by atoms with E-state index in [1.54, 1.807) is 4.88 Å². The van der Waals surface area contributed by atoms with Crippen molar-refractivity contribution in [1.29, 1.82) is 0 Å². The summed E-state index contributed by atoms with van der Waals surface area (Å²) >= 11 is 1.97. The van der Waals surface area contributed by atoms with Crippen molar-refractivity contribution in [1.82, 2.24) is 0 Å². The number of hydrogen-bond acceptors (Lipinski definition) is 1. The first-order valence-electron chi connectivity index (χ1n) is 5.16. The SMILES string of the molecule is C/C=C\c1c(C)sc2c1C(C)=CCC2.